The van der Waals surface area contributed by atoms with Crippen molar-refractivity contribution in [2.45, 2.75) is 27.3 Å². The Bertz CT molecular complexity index is 969. The number of nitrogens with one attached hydrogen (secondary N) is 1. The molecule has 1 N–H and O–H groups in total. The Balaban J connectivity index is 1.89. The van der Waals surface area contributed by atoms with Gasteiger partial charge in [-0.1, -0.05) is 18.2 Å². The molecule has 0 aliphatic heterocycles. The molecule has 122 valence electrons. The minimum Gasteiger partial charge on any atom is -0.325 e. The number of carbonyl (C=O) groups excluding carboxylic acids is 1. The van der Waals surface area contributed by atoms with Crippen molar-refractivity contribution in [2.24, 2.45) is 0 Å². The summed E-state index contributed by atoms with van der Waals surface area (Å²) in [4.78, 5) is 29.3. The zero-order valence-corrected chi connectivity index (χ0v) is 14.0. The number of rotatable bonds is 3. The predicted molar refractivity (Wildman–Crippen MR) is 95.3 cm³/mol. The van der Waals surface area contributed by atoms with Crippen molar-refractivity contribution in [1.29, 1.82) is 0 Å². The second-order valence-corrected chi connectivity index (χ2v) is 5.99. The van der Waals surface area contributed by atoms with Crippen molar-refractivity contribution >= 4 is 22.5 Å². The third-order valence-corrected chi connectivity index (χ3v) is 3.86. The van der Waals surface area contributed by atoms with Crippen LogP contribution in [0.4, 0.5) is 5.69 Å². The van der Waals surface area contributed by atoms with Crippen molar-refractivity contribution < 1.29 is 4.79 Å². The lowest BCUT2D eigenvalue weighted by atomic mass is 10.1. The van der Waals surface area contributed by atoms with Crippen LogP contribution in [0, 0.1) is 20.8 Å². The summed E-state index contributed by atoms with van der Waals surface area (Å²) in [6.07, 6.45) is 0. The van der Waals surface area contributed by atoms with Crippen LogP contribution in [0.3, 0.4) is 0 Å². The molecule has 0 saturated carbocycles. The van der Waals surface area contributed by atoms with Gasteiger partial charge in [0.15, 0.2) is 0 Å². The molecule has 0 unspecified atom stereocenters. The van der Waals surface area contributed by atoms with E-state index in [-0.39, 0.29) is 18.0 Å². The van der Waals surface area contributed by atoms with Gasteiger partial charge in [-0.15, -0.1) is 0 Å². The maximum absolute atomic E-state index is 12.6. The smallest absolute Gasteiger partial charge is 0.261 e. The zero-order chi connectivity index (χ0) is 17.3. The van der Waals surface area contributed by atoms with E-state index in [9.17, 15) is 9.59 Å². The average Bonchev–Trinajstić information content (AvgIpc) is 2.50. The summed E-state index contributed by atoms with van der Waals surface area (Å²) in [7, 11) is 0. The lowest BCUT2D eigenvalue weighted by molar-refractivity contribution is -0.116. The zero-order valence-electron chi connectivity index (χ0n) is 14.0. The van der Waals surface area contributed by atoms with Crippen molar-refractivity contribution in [2.75, 3.05) is 5.32 Å². The van der Waals surface area contributed by atoms with Crippen LogP contribution in [-0.2, 0) is 11.3 Å². The van der Waals surface area contributed by atoms with E-state index in [0.29, 0.717) is 16.7 Å². The molecular weight excluding hydrogens is 302 g/mol. The molecule has 3 aromatic rings. The molecule has 24 heavy (non-hydrogen) atoms. The van der Waals surface area contributed by atoms with E-state index in [4.69, 9.17) is 0 Å². The Morgan fingerprint density at radius 2 is 1.75 bits per heavy atom. The highest BCUT2D eigenvalue weighted by Crippen LogP contribution is 2.14. The molecule has 5 heteroatoms. The van der Waals surface area contributed by atoms with Gasteiger partial charge in [0, 0.05) is 5.69 Å². The highest BCUT2D eigenvalue weighted by atomic mass is 16.2. The fourth-order valence-electron chi connectivity index (χ4n) is 2.86. The van der Waals surface area contributed by atoms with Gasteiger partial charge in [-0.3, -0.25) is 14.2 Å². The van der Waals surface area contributed by atoms with Gasteiger partial charge in [0.1, 0.15) is 12.4 Å². The summed E-state index contributed by atoms with van der Waals surface area (Å²) >= 11 is 0. The molecular formula is C19H19N3O2. The number of amides is 1. The number of benzene rings is 2. The van der Waals surface area contributed by atoms with E-state index < -0.39 is 0 Å². The van der Waals surface area contributed by atoms with Gasteiger partial charge < -0.3 is 5.32 Å². The molecule has 0 atom stereocenters. The minimum absolute atomic E-state index is 0.0600. The molecule has 3 rings (SSSR count). The Labute approximate surface area is 140 Å². The molecule has 5 nitrogen and oxygen atoms in total. The van der Waals surface area contributed by atoms with E-state index in [0.717, 1.165) is 16.8 Å². The lowest BCUT2D eigenvalue weighted by Crippen LogP contribution is -2.30. The molecule has 1 aromatic heterocycles. The molecule has 0 fully saturated rings. The standard InChI is InChI=1S/C19H19N3O2/c1-12-8-13(2)10-15(9-12)21-18(23)11-22-14(3)20-17-7-5-4-6-16(17)19(22)24/h4-10H,11H2,1-3H3,(H,21,23). The first kappa shape index (κ1) is 15.9. The molecule has 1 amide bonds. The van der Waals surface area contributed by atoms with Crippen molar-refractivity contribution in [3.8, 4) is 0 Å². The van der Waals surface area contributed by atoms with E-state index >= 15 is 0 Å². The van der Waals surface area contributed by atoms with E-state index in [1.165, 1.54) is 4.57 Å². The van der Waals surface area contributed by atoms with Crippen LogP contribution < -0.4 is 10.9 Å². The second-order valence-electron chi connectivity index (χ2n) is 5.99. The molecule has 2 aromatic carbocycles. The maximum Gasteiger partial charge on any atom is 0.261 e. The van der Waals surface area contributed by atoms with E-state index in [1.54, 1.807) is 25.1 Å². The summed E-state index contributed by atoms with van der Waals surface area (Å²) in [6.45, 7) is 5.63. The highest BCUT2D eigenvalue weighted by molar-refractivity contribution is 5.91. The van der Waals surface area contributed by atoms with Crippen LogP contribution in [-0.4, -0.2) is 15.5 Å². The van der Waals surface area contributed by atoms with Gasteiger partial charge >= 0.3 is 0 Å². The summed E-state index contributed by atoms with van der Waals surface area (Å²) in [5.41, 5.74) is 3.33. The first-order valence-electron chi connectivity index (χ1n) is 7.78. The summed E-state index contributed by atoms with van der Waals surface area (Å²) in [6, 6.07) is 13.0. The first-order chi connectivity index (χ1) is 11.4. The SMILES string of the molecule is Cc1cc(C)cc(NC(=O)Cn2c(C)nc3ccccc3c2=O)c1. The third-order valence-electron chi connectivity index (χ3n) is 3.86. The van der Waals surface area contributed by atoms with Crippen molar-refractivity contribution in [3.63, 3.8) is 0 Å². The number of nitrogens with zero attached hydrogens (tertiary/aromatic N) is 2. The predicted octanol–water partition coefficient (Wildman–Crippen LogP) is 2.96. The van der Waals surface area contributed by atoms with Gasteiger partial charge in [0.2, 0.25) is 5.91 Å². The van der Waals surface area contributed by atoms with Crippen LogP contribution in [0.5, 0.6) is 0 Å². The Morgan fingerprint density at radius 3 is 2.46 bits per heavy atom. The monoisotopic (exact) mass is 321 g/mol. The van der Waals surface area contributed by atoms with Gasteiger partial charge in [-0.25, -0.2) is 4.98 Å². The minimum atomic E-state index is -0.248. The molecule has 0 bridgehead atoms. The molecule has 1 heterocycles. The molecule has 0 radical (unpaired) electrons. The van der Waals surface area contributed by atoms with E-state index in [2.05, 4.69) is 10.3 Å². The van der Waals surface area contributed by atoms with Crippen molar-refractivity contribution in [1.82, 2.24) is 9.55 Å². The number of fused-ring (bicyclic) bond motifs is 1. The number of aryl methyl sites for hydroxylation is 3. The third kappa shape index (κ3) is 3.20. The largest absolute Gasteiger partial charge is 0.325 e. The number of anilines is 1. The van der Waals surface area contributed by atoms with Crippen molar-refractivity contribution in [3.05, 3.63) is 69.8 Å². The van der Waals surface area contributed by atoms with Crippen LogP contribution >= 0.6 is 0 Å². The normalized spacial score (nSPS) is 10.8. The Hall–Kier alpha value is -2.95. The highest BCUT2D eigenvalue weighted by Gasteiger charge is 2.11. The number of hydrogen-bond acceptors (Lipinski definition) is 3. The number of aromatic nitrogens is 2. The van der Waals surface area contributed by atoms with Crippen LogP contribution in [0.1, 0.15) is 17.0 Å². The maximum atomic E-state index is 12.6. The molecule has 0 aliphatic rings. The fourth-order valence-corrected chi connectivity index (χ4v) is 2.86. The topological polar surface area (TPSA) is 64.0 Å². The van der Waals surface area contributed by atoms with Gasteiger partial charge in [0.25, 0.3) is 5.56 Å². The Kier molecular flexibility index (Phi) is 4.16. The molecule has 0 spiro atoms. The second kappa shape index (κ2) is 6.28. The average molecular weight is 321 g/mol. The van der Waals surface area contributed by atoms with Crippen LogP contribution in [0.25, 0.3) is 10.9 Å². The first-order valence-corrected chi connectivity index (χ1v) is 7.78. The van der Waals surface area contributed by atoms with E-state index in [1.807, 2.05) is 38.1 Å². The summed E-state index contributed by atoms with van der Waals surface area (Å²) < 4.78 is 1.40. The van der Waals surface area contributed by atoms with Crippen LogP contribution in [0.2, 0.25) is 0 Å². The van der Waals surface area contributed by atoms with Gasteiger partial charge in [0.05, 0.1) is 10.9 Å². The number of carbonyl (C=O) groups is 1. The summed E-state index contributed by atoms with van der Waals surface area (Å²) in [5.74, 6) is 0.275. The molecule has 0 aliphatic carbocycles. The quantitative estimate of drug-likeness (QED) is 0.806. The number of hydrogen-bond donors (Lipinski definition) is 1. The van der Waals surface area contributed by atoms with Gasteiger partial charge in [-0.05, 0) is 56.2 Å². The summed E-state index contributed by atoms with van der Waals surface area (Å²) in [5, 5.41) is 3.36. The number of para-hydroxylation sites is 1. The fraction of sp³-hybridized carbons (Fsp3) is 0.211. The molecule has 0 saturated heterocycles. The Morgan fingerprint density at radius 1 is 1.08 bits per heavy atom. The van der Waals surface area contributed by atoms with Crippen LogP contribution in [0.15, 0.2) is 47.3 Å². The van der Waals surface area contributed by atoms with Gasteiger partial charge in [-0.2, -0.15) is 0 Å². The lowest BCUT2D eigenvalue weighted by Gasteiger charge is -2.12.